The maximum absolute atomic E-state index is 13.9. The molecule has 3 atom stereocenters. The zero-order valence-electron chi connectivity index (χ0n) is 21.4. The Kier molecular flexibility index (Phi) is 8.13. The second kappa shape index (κ2) is 11.9. The Morgan fingerprint density at radius 2 is 1.72 bits per heavy atom. The van der Waals surface area contributed by atoms with E-state index in [0.29, 0.717) is 5.57 Å². The number of thioether (sulfide) groups is 1. The van der Waals surface area contributed by atoms with Crippen molar-refractivity contribution in [3.05, 3.63) is 105 Å². The third-order valence-electron chi connectivity index (χ3n) is 6.49. The van der Waals surface area contributed by atoms with Crippen LogP contribution in [0.25, 0.3) is 0 Å². The second-order valence-electron chi connectivity index (χ2n) is 9.01. The highest BCUT2D eigenvalue weighted by Crippen LogP contribution is 2.44. The molecule has 200 valence electrons. The van der Waals surface area contributed by atoms with E-state index in [0.717, 1.165) is 16.0 Å². The first kappa shape index (κ1) is 26.7. The van der Waals surface area contributed by atoms with Crippen molar-refractivity contribution in [2.75, 3.05) is 7.11 Å². The molecular formula is C29H27N3O5S2. The maximum Gasteiger partial charge on any atom is 0.356 e. The van der Waals surface area contributed by atoms with Gasteiger partial charge in [0, 0.05) is 15.7 Å². The lowest BCUT2D eigenvalue weighted by molar-refractivity contribution is -0.154. The summed E-state index contributed by atoms with van der Waals surface area (Å²) in [6, 6.07) is 21.9. The van der Waals surface area contributed by atoms with Crippen LogP contribution in [0, 0.1) is 0 Å². The van der Waals surface area contributed by atoms with Crippen LogP contribution in [0.1, 0.15) is 29.0 Å². The number of ether oxygens (including phenoxy) is 1. The van der Waals surface area contributed by atoms with Crippen LogP contribution in [0.2, 0.25) is 0 Å². The summed E-state index contributed by atoms with van der Waals surface area (Å²) < 4.78 is 6.12. The third kappa shape index (κ3) is 5.62. The maximum atomic E-state index is 13.9. The molecule has 3 aromatic rings. The molecule has 1 N–H and O–H groups in total. The van der Waals surface area contributed by atoms with Crippen molar-refractivity contribution in [3.8, 4) is 0 Å². The van der Waals surface area contributed by atoms with Gasteiger partial charge in [0.15, 0.2) is 6.10 Å². The average molecular weight is 562 g/mol. The smallest absolute Gasteiger partial charge is 0.356 e. The van der Waals surface area contributed by atoms with Crippen molar-refractivity contribution in [1.29, 1.82) is 0 Å². The van der Waals surface area contributed by atoms with Gasteiger partial charge in [-0.3, -0.25) is 14.5 Å². The van der Waals surface area contributed by atoms with Gasteiger partial charge >= 0.3 is 5.97 Å². The van der Waals surface area contributed by atoms with Crippen molar-refractivity contribution in [2.45, 2.75) is 36.1 Å². The van der Waals surface area contributed by atoms with Crippen molar-refractivity contribution < 1.29 is 24.0 Å². The summed E-state index contributed by atoms with van der Waals surface area (Å²) in [4.78, 5) is 47.1. The summed E-state index contributed by atoms with van der Waals surface area (Å²) in [6.07, 6.45) is 0.954. The molecule has 1 aromatic heterocycles. The van der Waals surface area contributed by atoms with Crippen LogP contribution in [0.4, 0.5) is 0 Å². The quantitative estimate of drug-likeness (QED) is 0.181. The predicted molar refractivity (Wildman–Crippen MR) is 151 cm³/mol. The molecule has 39 heavy (non-hydrogen) atoms. The molecule has 0 bridgehead atoms. The van der Waals surface area contributed by atoms with Crippen LogP contribution in [0.15, 0.2) is 94.6 Å². The van der Waals surface area contributed by atoms with Crippen molar-refractivity contribution in [2.24, 2.45) is 5.16 Å². The number of esters is 1. The molecule has 0 radical (unpaired) electrons. The largest absolute Gasteiger partial charge is 0.448 e. The Labute approximate surface area is 234 Å². The van der Waals surface area contributed by atoms with Crippen molar-refractivity contribution in [1.82, 2.24) is 10.2 Å². The minimum Gasteiger partial charge on any atom is -0.448 e. The fourth-order valence-electron chi connectivity index (χ4n) is 4.62. The molecule has 2 aromatic carbocycles. The minimum absolute atomic E-state index is 0.109. The van der Waals surface area contributed by atoms with Gasteiger partial charge in [0.25, 0.3) is 5.91 Å². The fourth-order valence-corrected chi connectivity index (χ4v) is 6.74. The van der Waals surface area contributed by atoms with E-state index in [1.165, 1.54) is 41.3 Å². The fraction of sp³-hybridized carbons (Fsp3) is 0.241. The number of hydrogen-bond donors (Lipinski definition) is 1. The number of nitrogens with one attached hydrogen (secondary N) is 1. The Morgan fingerprint density at radius 1 is 1.05 bits per heavy atom. The highest BCUT2D eigenvalue weighted by Gasteiger charge is 2.56. The number of fused-ring (bicyclic) bond motifs is 1. The molecule has 10 heteroatoms. The Bertz CT molecular complexity index is 1350. The zero-order chi connectivity index (χ0) is 27.4. The molecule has 5 rings (SSSR count). The monoisotopic (exact) mass is 561 g/mol. The summed E-state index contributed by atoms with van der Waals surface area (Å²) >= 11 is 2.96. The molecule has 1 unspecified atom stereocenters. The number of carbonyl (C=O) groups excluding carboxylic acids is 3. The number of rotatable bonds is 9. The Morgan fingerprint density at radius 3 is 2.31 bits per heavy atom. The van der Waals surface area contributed by atoms with Gasteiger partial charge < -0.3 is 14.9 Å². The lowest BCUT2D eigenvalue weighted by Gasteiger charge is -2.51. The lowest BCUT2D eigenvalue weighted by atomic mass is 9.99. The van der Waals surface area contributed by atoms with Crippen LogP contribution in [0.5, 0.6) is 0 Å². The number of benzene rings is 2. The number of carbonyl (C=O) groups is 3. The zero-order valence-corrected chi connectivity index (χ0v) is 23.0. The summed E-state index contributed by atoms with van der Waals surface area (Å²) in [5, 5.41) is 7.97. The van der Waals surface area contributed by atoms with E-state index < -0.39 is 23.5 Å². The average Bonchev–Trinajstić information content (AvgIpc) is 3.47. The van der Waals surface area contributed by atoms with Crippen LogP contribution in [0.3, 0.4) is 0 Å². The Balaban J connectivity index is 1.43. The molecule has 1 saturated heterocycles. The van der Waals surface area contributed by atoms with Gasteiger partial charge in [-0.1, -0.05) is 71.9 Å². The van der Waals surface area contributed by atoms with Gasteiger partial charge in [0.2, 0.25) is 5.91 Å². The van der Waals surface area contributed by atoms with Crippen LogP contribution in [-0.4, -0.2) is 52.7 Å². The number of hydrogen-bond acceptors (Lipinski definition) is 8. The first-order chi connectivity index (χ1) is 19.0. The molecular weight excluding hydrogens is 534 g/mol. The first-order valence-corrected chi connectivity index (χ1v) is 14.2. The molecule has 0 aliphatic carbocycles. The summed E-state index contributed by atoms with van der Waals surface area (Å²) in [7, 11) is 1.41. The molecule has 8 nitrogen and oxygen atoms in total. The van der Waals surface area contributed by atoms with E-state index in [2.05, 4.69) is 10.5 Å². The van der Waals surface area contributed by atoms with Crippen LogP contribution < -0.4 is 5.32 Å². The van der Waals surface area contributed by atoms with Crippen molar-refractivity contribution >= 4 is 47.1 Å². The molecule has 1 fully saturated rings. The topological polar surface area (TPSA) is 97.3 Å². The highest BCUT2D eigenvalue weighted by molar-refractivity contribution is 8.00. The lowest BCUT2D eigenvalue weighted by Crippen LogP contribution is -2.71. The molecule has 0 saturated carbocycles. The summed E-state index contributed by atoms with van der Waals surface area (Å²) in [5.74, 6) is -1.26. The van der Waals surface area contributed by atoms with Gasteiger partial charge in [0.1, 0.15) is 24.2 Å². The summed E-state index contributed by atoms with van der Waals surface area (Å²) in [5.41, 5.74) is 2.22. The van der Waals surface area contributed by atoms with Gasteiger partial charge in [-0.25, -0.2) is 4.79 Å². The SMILES string of the molecule is CO/N=C/C1=C(C(=O)OC(c2ccccc2)c2ccccc2)N2C(=O)C(NC(=O)Cc3cccs3)[C@H]2S[C@@H]1C. The molecule has 0 spiro atoms. The number of oxime groups is 1. The van der Waals surface area contributed by atoms with E-state index in [4.69, 9.17) is 9.57 Å². The normalized spacial score (nSPS) is 20.5. The van der Waals surface area contributed by atoms with E-state index in [9.17, 15) is 14.4 Å². The number of amides is 2. The predicted octanol–water partition coefficient (Wildman–Crippen LogP) is 4.30. The van der Waals surface area contributed by atoms with Gasteiger partial charge in [-0.05, 0) is 29.5 Å². The number of β-lactam (4-membered cyclic amide) rings is 1. The Hall–Kier alpha value is -3.89. The number of thiophene rings is 1. The number of nitrogens with zero attached hydrogens (tertiary/aromatic N) is 2. The van der Waals surface area contributed by atoms with Gasteiger partial charge in [-0.15, -0.1) is 23.1 Å². The van der Waals surface area contributed by atoms with E-state index in [1.807, 2.05) is 85.1 Å². The standard InChI is InChI=1S/C29H27N3O5S2/c1-18-22(17-30-36-2)25(29(35)37-26(19-10-5-3-6-11-19)20-12-7-4-8-13-20)32-27(34)24(28(32)39-18)31-23(33)16-21-14-9-15-38-21/h3-15,17-18,24,26,28H,16H2,1-2H3,(H,31,33)/b30-17+/t18-,24?,28-/m1/s1. The van der Waals surface area contributed by atoms with E-state index in [1.54, 1.807) is 0 Å². The van der Waals surface area contributed by atoms with E-state index >= 15 is 0 Å². The first-order valence-electron chi connectivity index (χ1n) is 12.4. The third-order valence-corrected chi connectivity index (χ3v) is 8.79. The van der Waals surface area contributed by atoms with E-state index in [-0.39, 0.29) is 29.2 Å². The summed E-state index contributed by atoms with van der Waals surface area (Å²) in [6.45, 7) is 1.92. The molecule has 2 amide bonds. The van der Waals surface area contributed by atoms with Crippen LogP contribution in [-0.2, 0) is 30.4 Å². The molecule has 2 aliphatic heterocycles. The molecule has 3 heterocycles. The molecule has 2 aliphatic rings. The minimum atomic E-state index is -0.743. The van der Waals surface area contributed by atoms with Gasteiger partial charge in [0.05, 0.1) is 12.6 Å². The van der Waals surface area contributed by atoms with Crippen LogP contribution >= 0.6 is 23.1 Å². The second-order valence-corrected chi connectivity index (χ2v) is 11.5. The highest BCUT2D eigenvalue weighted by atomic mass is 32.2. The van der Waals surface area contributed by atoms with Gasteiger partial charge in [-0.2, -0.15) is 0 Å². The van der Waals surface area contributed by atoms with Crippen molar-refractivity contribution in [3.63, 3.8) is 0 Å².